The summed E-state index contributed by atoms with van der Waals surface area (Å²) in [6, 6.07) is 17.6. The lowest BCUT2D eigenvalue weighted by Crippen LogP contribution is -2.26. The fourth-order valence-electron chi connectivity index (χ4n) is 2.48. The van der Waals surface area contributed by atoms with E-state index in [9.17, 15) is 9.59 Å². The molecule has 0 saturated heterocycles. The van der Waals surface area contributed by atoms with E-state index in [-0.39, 0.29) is 17.9 Å². The van der Waals surface area contributed by atoms with E-state index in [2.05, 4.69) is 10.6 Å². The summed E-state index contributed by atoms with van der Waals surface area (Å²) < 4.78 is 0. The second kappa shape index (κ2) is 8.17. The molecule has 132 valence electrons. The van der Waals surface area contributed by atoms with E-state index in [1.54, 1.807) is 36.4 Å². The van der Waals surface area contributed by atoms with Crippen molar-refractivity contribution < 1.29 is 9.59 Å². The van der Waals surface area contributed by atoms with Crippen LogP contribution in [0.25, 0.3) is 0 Å². The minimum Gasteiger partial charge on any atom is -0.346 e. The van der Waals surface area contributed by atoms with E-state index >= 15 is 0 Å². The first-order chi connectivity index (χ1) is 12.5. The maximum Gasteiger partial charge on any atom is 0.265 e. The van der Waals surface area contributed by atoms with Gasteiger partial charge in [0.1, 0.15) is 0 Å². The summed E-state index contributed by atoms with van der Waals surface area (Å²) in [6.45, 7) is 1.89. The molecule has 0 radical (unpaired) electrons. The highest BCUT2D eigenvalue weighted by molar-refractivity contribution is 7.12. The van der Waals surface area contributed by atoms with Crippen molar-refractivity contribution in [2.24, 2.45) is 0 Å². The molecule has 0 aliphatic rings. The number of hydrogen-bond donors (Lipinski definition) is 2. The number of halogens is 1. The molecule has 26 heavy (non-hydrogen) atoms. The quantitative estimate of drug-likeness (QED) is 0.639. The molecule has 0 aliphatic heterocycles. The number of thiophene rings is 1. The van der Waals surface area contributed by atoms with Crippen molar-refractivity contribution in [3.63, 3.8) is 0 Å². The third kappa shape index (κ3) is 4.50. The molecule has 1 aromatic heterocycles. The van der Waals surface area contributed by atoms with Crippen molar-refractivity contribution in [1.29, 1.82) is 0 Å². The van der Waals surface area contributed by atoms with Crippen LogP contribution in [-0.4, -0.2) is 11.8 Å². The fourth-order valence-corrected chi connectivity index (χ4v) is 3.30. The number of carbonyl (C=O) groups is 2. The molecule has 1 heterocycles. The monoisotopic (exact) mass is 384 g/mol. The molecule has 0 bridgehead atoms. The number of hydrogen-bond acceptors (Lipinski definition) is 3. The van der Waals surface area contributed by atoms with Crippen LogP contribution in [0.5, 0.6) is 0 Å². The highest BCUT2D eigenvalue weighted by Gasteiger charge is 2.13. The fraction of sp³-hybridized carbons (Fsp3) is 0.100. The first kappa shape index (κ1) is 18.2. The standard InChI is InChI=1S/C20H17ClN2O2S/c1-13(14-5-2-7-16(21)11-14)22-19(24)15-6-3-8-17(12-15)23-20(25)18-9-4-10-26-18/h2-13H,1H3,(H,22,24)(H,23,25)/t13-/m0/s1. The smallest absolute Gasteiger partial charge is 0.265 e. The molecule has 0 saturated carbocycles. The van der Waals surface area contributed by atoms with Crippen LogP contribution in [0.4, 0.5) is 5.69 Å². The molecule has 0 spiro atoms. The van der Waals surface area contributed by atoms with Gasteiger partial charge in [-0.3, -0.25) is 9.59 Å². The molecule has 1 atom stereocenters. The van der Waals surface area contributed by atoms with E-state index in [1.807, 2.05) is 36.6 Å². The predicted molar refractivity (Wildman–Crippen MR) is 106 cm³/mol. The lowest BCUT2D eigenvalue weighted by molar-refractivity contribution is 0.0938. The lowest BCUT2D eigenvalue weighted by atomic mass is 10.1. The Labute approximate surface area is 160 Å². The van der Waals surface area contributed by atoms with Crippen LogP contribution in [0.1, 0.15) is 38.6 Å². The topological polar surface area (TPSA) is 58.2 Å². The first-order valence-corrected chi connectivity index (χ1v) is 9.30. The van der Waals surface area contributed by atoms with Gasteiger partial charge in [-0.25, -0.2) is 0 Å². The van der Waals surface area contributed by atoms with Gasteiger partial charge in [0.25, 0.3) is 11.8 Å². The molecule has 2 amide bonds. The molecule has 2 aromatic carbocycles. The maximum atomic E-state index is 12.5. The van der Waals surface area contributed by atoms with E-state index in [0.29, 0.717) is 21.2 Å². The van der Waals surface area contributed by atoms with Crippen LogP contribution in [0.2, 0.25) is 5.02 Å². The molecule has 4 nitrogen and oxygen atoms in total. The van der Waals surface area contributed by atoms with Crippen LogP contribution in [0, 0.1) is 0 Å². The average Bonchev–Trinajstić information content (AvgIpc) is 3.16. The molecule has 0 fully saturated rings. The van der Waals surface area contributed by atoms with Crippen molar-refractivity contribution in [1.82, 2.24) is 5.32 Å². The Kier molecular flexibility index (Phi) is 5.71. The van der Waals surface area contributed by atoms with E-state index < -0.39 is 0 Å². The summed E-state index contributed by atoms with van der Waals surface area (Å²) in [7, 11) is 0. The number of anilines is 1. The zero-order valence-electron chi connectivity index (χ0n) is 14.0. The molecule has 6 heteroatoms. The Morgan fingerprint density at radius 2 is 1.81 bits per heavy atom. The third-order valence-corrected chi connectivity index (χ3v) is 4.93. The summed E-state index contributed by atoms with van der Waals surface area (Å²) in [4.78, 5) is 25.3. The summed E-state index contributed by atoms with van der Waals surface area (Å²) in [5, 5.41) is 8.22. The van der Waals surface area contributed by atoms with Crippen molar-refractivity contribution in [3.8, 4) is 0 Å². The van der Waals surface area contributed by atoms with Crippen molar-refractivity contribution in [3.05, 3.63) is 87.1 Å². The van der Waals surface area contributed by atoms with Crippen LogP contribution in [-0.2, 0) is 0 Å². The van der Waals surface area contributed by atoms with E-state index in [4.69, 9.17) is 11.6 Å². The van der Waals surface area contributed by atoms with Gasteiger partial charge >= 0.3 is 0 Å². The molecule has 2 N–H and O–H groups in total. The normalized spacial score (nSPS) is 11.6. The van der Waals surface area contributed by atoms with Crippen LogP contribution in [0.3, 0.4) is 0 Å². The zero-order chi connectivity index (χ0) is 18.5. The summed E-state index contributed by atoms with van der Waals surface area (Å²) in [5.74, 6) is -0.408. The highest BCUT2D eigenvalue weighted by Crippen LogP contribution is 2.19. The van der Waals surface area contributed by atoms with Gasteiger partial charge in [0.15, 0.2) is 0 Å². The van der Waals surface area contributed by atoms with Gasteiger partial charge < -0.3 is 10.6 Å². The number of carbonyl (C=O) groups excluding carboxylic acids is 2. The minimum atomic E-state index is -0.218. The molecular weight excluding hydrogens is 368 g/mol. The molecule has 3 aromatic rings. The maximum absolute atomic E-state index is 12.5. The number of amides is 2. The first-order valence-electron chi connectivity index (χ1n) is 8.04. The summed E-state index contributed by atoms with van der Waals surface area (Å²) in [5.41, 5.74) is 1.97. The van der Waals surface area contributed by atoms with E-state index in [1.165, 1.54) is 11.3 Å². The summed E-state index contributed by atoms with van der Waals surface area (Å²) >= 11 is 7.37. The number of rotatable bonds is 5. The molecule has 0 unspecified atom stereocenters. The number of benzene rings is 2. The van der Waals surface area contributed by atoms with Gasteiger partial charge in [0.2, 0.25) is 0 Å². The summed E-state index contributed by atoms with van der Waals surface area (Å²) in [6.07, 6.45) is 0. The van der Waals surface area contributed by atoms with Gasteiger partial charge in [-0.1, -0.05) is 35.9 Å². The Hall–Kier alpha value is -2.63. The minimum absolute atomic E-state index is 0.189. The van der Waals surface area contributed by atoms with E-state index in [0.717, 1.165) is 5.56 Å². The van der Waals surface area contributed by atoms with Gasteiger partial charge in [-0.2, -0.15) is 0 Å². The lowest BCUT2D eigenvalue weighted by Gasteiger charge is -2.15. The van der Waals surface area contributed by atoms with Crippen LogP contribution in [0.15, 0.2) is 66.0 Å². The average molecular weight is 385 g/mol. The SMILES string of the molecule is C[C@H](NC(=O)c1cccc(NC(=O)c2cccs2)c1)c1cccc(Cl)c1. The largest absolute Gasteiger partial charge is 0.346 e. The second-order valence-corrected chi connectivity index (χ2v) is 7.15. The highest BCUT2D eigenvalue weighted by atomic mass is 35.5. The van der Waals surface area contributed by atoms with Crippen LogP contribution >= 0.6 is 22.9 Å². The van der Waals surface area contributed by atoms with Crippen molar-refractivity contribution >= 4 is 40.4 Å². The Morgan fingerprint density at radius 3 is 2.54 bits per heavy atom. The van der Waals surface area contributed by atoms with Crippen LogP contribution < -0.4 is 10.6 Å². The van der Waals surface area contributed by atoms with Gasteiger partial charge in [0, 0.05) is 16.3 Å². The molecular formula is C20H17ClN2O2S. The molecule has 3 rings (SSSR count). The number of nitrogens with one attached hydrogen (secondary N) is 2. The Bertz CT molecular complexity index is 925. The second-order valence-electron chi connectivity index (χ2n) is 5.76. The van der Waals surface area contributed by atoms with Gasteiger partial charge in [-0.05, 0) is 54.3 Å². The van der Waals surface area contributed by atoms with Crippen molar-refractivity contribution in [2.75, 3.05) is 5.32 Å². The Morgan fingerprint density at radius 1 is 1.00 bits per heavy atom. The zero-order valence-corrected chi connectivity index (χ0v) is 15.6. The predicted octanol–water partition coefficient (Wildman–Crippen LogP) is 5.14. The van der Waals surface area contributed by atoms with Crippen molar-refractivity contribution in [2.45, 2.75) is 13.0 Å². The molecule has 0 aliphatic carbocycles. The Balaban J connectivity index is 1.69. The van der Waals surface area contributed by atoms with Gasteiger partial charge in [-0.15, -0.1) is 11.3 Å². The van der Waals surface area contributed by atoms with Gasteiger partial charge in [0.05, 0.1) is 10.9 Å². The third-order valence-electron chi connectivity index (χ3n) is 3.82.